The largest absolute Gasteiger partial charge is 0.465 e. The molecule has 1 rings (SSSR count). The molecular weight excluding hydrogens is 220 g/mol. The number of thiophene rings is 1. The number of hydrogen-bond acceptors (Lipinski definition) is 3. The van der Waals surface area contributed by atoms with Gasteiger partial charge in [-0.2, -0.15) is 0 Å². The summed E-state index contributed by atoms with van der Waals surface area (Å²) in [6.07, 6.45) is 4.78. The molecule has 0 amide bonds. The summed E-state index contributed by atoms with van der Waals surface area (Å²) in [4.78, 5) is 12.8. The molecule has 14 heavy (non-hydrogen) atoms. The van der Waals surface area contributed by atoms with Crippen LogP contribution in [0.2, 0.25) is 0 Å². The first-order valence-electron chi connectivity index (χ1n) is 4.18. The lowest BCUT2D eigenvalue weighted by atomic mass is 10.3. The third-order valence-electron chi connectivity index (χ3n) is 1.57. The summed E-state index contributed by atoms with van der Waals surface area (Å²) in [5.74, 6) is 0.332. The van der Waals surface area contributed by atoms with E-state index < -0.39 is 0 Å². The number of hydrogen-bond donors (Lipinski definition) is 0. The van der Waals surface area contributed by atoms with Crippen LogP contribution in [0.4, 0.5) is 0 Å². The molecule has 1 heterocycles. The van der Waals surface area contributed by atoms with Crippen LogP contribution in [-0.4, -0.2) is 19.0 Å². The molecule has 0 N–H and O–H groups in total. The zero-order chi connectivity index (χ0) is 10.4. The average Bonchev–Trinajstić information content (AvgIpc) is 2.66. The van der Waals surface area contributed by atoms with Crippen molar-refractivity contribution >= 4 is 35.0 Å². The Morgan fingerprint density at radius 3 is 3.07 bits per heavy atom. The molecule has 0 bridgehead atoms. The molecule has 0 atom stereocenters. The Morgan fingerprint density at radius 1 is 1.64 bits per heavy atom. The van der Waals surface area contributed by atoms with Crippen LogP contribution >= 0.6 is 22.9 Å². The van der Waals surface area contributed by atoms with Crippen molar-refractivity contribution in [3.8, 4) is 0 Å². The summed E-state index contributed by atoms with van der Waals surface area (Å²) in [5.41, 5.74) is 0. The highest BCUT2D eigenvalue weighted by molar-refractivity contribution is 7.14. The second-order valence-electron chi connectivity index (χ2n) is 2.57. The van der Waals surface area contributed by atoms with Crippen LogP contribution in [0.1, 0.15) is 21.0 Å². The fourth-order valence-electron chi connectivity index (χ4n) is 0.915. The standard InChI is InChI=1S/C10H11ClO2S/c1-13-10(12)9-6-5-8(14-9)4-2-3-7-11/h2,4-6H,3,7H2,1H3. The Bertz CT molecular complexity index is 331. The highest BCUT2D eigenvalue weighted by atomic mass is 35.5. The van der Waals surface area contributed by atoms with Gasteiger partial charge in [0.2, 0.25) is 0 Å². The maximum atomic E-state index is 11.1. The predicted molar refractivity (Wildman–Crippen MR) is 60.0 cm³/mol. The molecule has 0 aliphatic heterocycles. The van der Waals surface area contributed by atoms with Crippen molar-refractivity contribution in [1.29, 1.82) is 0 Å². The van der Waals surface area contributed by atoms with Crippen LogP contribution in [0.3, 0.4) is 0 Å². The van der Waals surface area contributed by atoms with E-state index in [1.165, 1.54) is 18.4 Å². The first-order valence-corrected chi connectivity index (χ1v) is 5.53. The molecule has 0 saturated carbocycles. The number of allylic oxidation sites excluding steroid dienone is 1. The highest BCUT2D eigenvalue weighted by Crippen LogP contribution is 2.18. The van der Waals surface area contributed by atoms with Gasteiger partial charge in [-0.15, -0.1) is 22.9 Å². The number of methoxy groups -OCH3 is 1. The van der Waals surface area contributed by atoms with Gasteiger partial charge in [0, 0.05) is 10.8 Å². The minimum Gasteiger partial charge on any atom is -0.465 e. The molecule has 1 aromatic rings. The number of ether oxygens (including phenoxy) is 1. The minimum absolute atomic E-state index is 0.285. The van der Waals surface area contributed by atoms with Gasteiger partial charge in [0.15, 0.2) is 0 Å². The summed E-state index contributed by atoms with van der Waals surface area (Å²) in [6.45, 7) is 0. The van der Waals surface area contributed by atoms with Crippen molar-refractivity contribution in [1.82, 2.24) is 0 Å². The van der Waals surface area contributed by atoms with Crippen molar-refractivity contribution in [3.05, 3.63) is 28.0 Å². The number of carbonyl (C=O) groups excluding carboxylic acids is 1. The van der Waals surface area contributed by atoms with Gasteiger partial charge in [-0.1, -0.05) is 6.08 Å². The van der Waals surface area contributed by atoms with Gasteiger partial charge < -0.3 is 4.74 Å². The van der Waals surface area contributed by atoms with Gasteiger partial charge in [0.1, 0.15) is 4.88 Å². The van der Waals surface area contributed by atoms with Crippen molar-refractivity contribution in [2.24, 2.45) is 0 Å². The van der Waals surface area contributed by atoms with Crippen molar-refractivity contribution in [2.45, 2.75) is 6.42 Å². The van der Waals surface area contributed by atoms with Crippen molar-refractivity contribution < 1.29 is 9.53 Å². The molecule has 4 heteroatoms. The smallest absolute Gasteiger partial charge is 0.348 e. The molecule has 0 saturated heterocycles. The second-order valence-corrected chi connectivity index (χ2v) is 4.07. The lowest BCUT2D eigenvalue weighted by Crippen LogP contribution is -1.96. The molecule has 0 aliphatic rings. The SMILES string of the molecule is COC(=O)c1ccc(C=CCCCl)s1. The maximum absolute atomic E-state index is 11.1. The fourth-order valence-corrected chi connectivity index (χ4v) is 1.90. The third kappa shape index (κ3) is 3.16. The van der Waals surface area contributed by atoms with E-state index in [1.807, 2.05) is 18.2 Å². The summed E-state index contributed by atoms with van der Waals surface area (Å²) >= 11 is 6.94. The molecule has 76 valence electrons. The lowest BCUT2D eigenvalue weighted by molar-refractivity contribution is 0.0606. The van der Waals surface area contributed by atoms with Gasteiger partial charge in [0.25, 0.3) is 0 Å². The molecule has 0 unspecified atom stereocenters. The fraction of sp³-hybridized carbons (Fsp3) is 0.300. The van der Waals surface area contributed by atoms with Crippen molar-refractivity contribution in [3.63, 3.8) is 0 Å². The number of rotatable bonds is 4. The molecule has 0 aromatic carbocycles. The van der Waals surface area contributed by atoms with Gasteiger partial charge in [-0.25, -0.2) is 4.79 Å². The first kappa shape index (κ1) is 11.3. The van der Waals surface area contributed by atoms with Crippen LogP contribution in [0.5, 0.6) is 0 Å². The van der Waals surface area contributed by atoms with Gasteiger partial charge in [-0.3, -0.25) is 0 Å². The van der Waals surface area contributed by atoms with E-state index in [0.717, 1.165) is 11.3 Å². The van der Waals surface area contributed by atoms with Crippen LogP contribution in [0.15, 0.2) is 18.2 Å². The van der Waals surface area contributed by atoms with Gasteiger partial charge in [0.05, 0.1) is 7.11 Å². The Morgan fingerprint density at radius 2 is 2.43 bits per heavy atom. The summed E-state index contributed by atoms with van der Waals surface area (Å²) in [6, 6.07) is 3.65. The van der Waals surface area contributed by atoms with E-state index in [9.17, 15) is 4.79 Å². The molecule has 1 aromatic heterocycles. The molecule has 2 nitrogen and oxygen atoms in total. The lowest BCUT2D eigenvalue weighted by Gasteiger charge is -1.91. The average molecular weight is 231 g/mol. The normalized spacial score (nSPS) is 10.7. The first-order chi connectivity index (χ1) is 6.77. The molecule has 0 spiro atoms. The maximum Gasteiger partial charge on any atom is 0.348 e. The zero-order valence-electron chi connectivity index (χ0n) is 7.83. The summed E-state index contributed by atoms with van der Waals surface area (Å²) in [7, 11) is 1.38. The summed E-state index contributed by atoms with van der Waals surface area (Å²) in [5, 5.41) is 0. The van der Waals surface area contributed by atoms with Gasteiger partial charge in [-0.05, 0) is 24.6 Å². The second kappa shape index (κ2) is 5.83. The highest BCUT2D eigenvalue weighted by Gasteiger charge is 2.06. The number of halogens is 1. The monoisotopic (exact) mass is 230 g/mol. The van der Waals surface area contributed by atoms with Crippen molar-refractivity contribution in [2.75, 3.05) is 13.0 Å². The Labute approximate surface area is 92.2 Å². The van der Waals surface area contributed by atoms with Crippen LogP contribution in [0, 0.1) is 0 Å². The van der Waals surface area contributed by atoms with E-state index in [-0.39, 0.29) is 5.97 Å². The molecule has 0 radical (unpaired) electrons. The summed E-state index contributed by atoms with van der Waals surface area (Å²) < 4.78 is 4.60. The Kier molecular flexibility index (Phi) is 4.70. The topological polar surface area (TPSA) is 26.3 Å². The molecular formula is C10H11ClO2S. The molecule has 0 fully saturated rings. The quantitative estimate of drug-likeness (QED) is 0.587. The zero-order valence-corrected chi connectivity index (χ0v) is 9.40. The van der Waals surface area contributed by atoms with Crippen LogP contribution in [0.25, 0.3) is 6.08 Å². The number of alkyl halides is 1. The van der Waals surface area contributed by atoms with Gasteiger partial charge >= 0.3 is 5.97 Å². The van der Waals surface area contributed by atoms with Crippen LogP contribution < -0.4 is 0 Å². The van der Waals surface area contributed by atoms with E-state index in [2.05, 4.69) is 4.74 Å². The predicted octanol–water partition coefficient (Wildman–Crippen LogP) is 3.18. The van der Waals surface area contributed by atoms with E-state index in [0.29, 0.717) is 10.8 Å². The third-order valence-corrected chi connectivity index (χ3v) is 2.82. The Hall–Kier alpha value is -0.800. The van der Waals surface area contributed by atoms with E-state index >= 15 is 0 Å². The Balaban J connectivity index is 2.63. The number of carbonyl (C=O) groups is 1. The molecule has 0 aliphatic carbocycles. The van der Waals surface area contributed by atoms with E-state index in [4.69, 9.17) is 11.6 Å². The van der Waals surface area contributed by atoms with E-state index in [1.54, 1.807) is 6.07 Å². The minimum atomic E-state index is -0.285. The number of esters is 1. The van der Waals surface area contributed by atoms with Crippen LogP contribution in [-0.2, 0) is 4.74 Å².